The quantitative estimate of drug-likeness (QED) is 0.757. The summed E-state index contributed by atoms with van der Waals surface area (Å²) in [6, 6.07) is 8.42. The van der Waals surface area contributed by atoms with Crippen molar-refractivity contribution in [2.75, 3.05) is 26.3 Å². The molecule has 2 heterocycles. The highest BCUT2D eigenvalue weighted by molar-refractivity contribution is 5.79. The smallest absolute Gasteiger partial charge is 0.206 e. The number of ether oxygens (including phenoxy) is 1. The zero-order valence-electron chi connectivity index (χ0n) is 10.4. The van der Waals surface area contributed by atoms with Crippen LogP contribution in [0.15, 0.2) is 29.3 Å². The zero-order valence-corrected chi connectivity index (χ0v) is 10.4. The molecule has 5 nitrogen and oxygen atoms in total. The van der Waals surface area contributed by atoms with Crippen molar-refractivity contribution >= 4 is 5.96 Å². The van der Waals surface area contributed by atoms with Crippen LogP contribution >= 0.6 is 0 Å². The van der Waals surface area contributed by atoms with Gasteiger partial charge in [0, 0.05) is 19.6 Å². The van der Waals surface area contributed by atoms with Crippen molar-refractivity contribution in [1.29, 1.82) is 0 Å². The molecule has 96 valence electrons. The van der Waals surface area contributed by atoms with Crippen LogP contribution in [0.2, 0.25) is 0 Å². The molecule has 0 bridgehead atoms. The van der Waals surface area contributed by atoms with E-state index in [1.165, 1.54) is 11.1 Å². The molecular weight excluding hydrogens is 228 g/mol. The Morgan fingerprint density at radius 3 is 2.78 bits per heavy atom. The van der Waals surface area contributed by atoms with Crippen LogP contribution in [0.25, 0.3) is 0 Å². The first-order valence-electron chi connectivity index (χ1n) is 6.36. The maximum Gasteiger partial charge on any atom is 0.206 e. The molecule has 5 heteroatoms. The van der Waals surface area contributed by atoms with E-state index in [1.54, 1.807) is 0 Å². The Hall–Kier alpha value is -1.59. The molecule has 1 aromatic carbocycles. The maximum absolute atomic E-state index is 5.32. The second-order valence-corrected chi connectivity index (χ2v) is 4.50. The summed E-state index contributed by atoms with van der Waals surface area (Å²) in [6.07, 6.45) is 0. The molecule has 1 fully saturated rings. The Kier molecular flexibility index (Phi) is 3.43. The van der Waals surface area contributed by atoms with Crippen molar-refractivity contribution in [1.82, 2.24) is 15.8 Å². The Labute approximate surface area is 107 Å². The van der Waals surface area contributed by atoms with Crippen LogP contribution in [-0.2, 0) is 17.8 Å². The van der Waals surface area contributed by atoms with E-state index in [2.05, 4.69) is 45.0 Å². The first kappa shape index (κ1) is 11.5. The molecule has 1 saturated heterocycles. The summed E-state index contributed by atoms with van der Waals surface area (Å²) >= 11 is 0. The van der Waals surface area contributed by atoms with Crippen molar-refractivity contribution < 1.29 is 4.74 Å². The number of morpholine rings is 1. The molecule has 0 atom stereocenters. The van der Waals surface area contributed by atoms with Crippen LogP contribution in [-0.4, -0.2) is 37.3 Å². The molecule has 2 N–H and O–H groups in total. The minimum Gasteiger partial charge on any atom is -0.379 e. The highest BCUT2D eigenvalue weighted by atomic mass is 16.5. The lowest BCUT2D eigenvalue weighted by Crippen LogP contribution is -2.52. The van der Waals surface area contributed by atoms with Crippen molar-refractivity contribution in [3.05, 3.63) is 35.4 Å². The lowest BCUT2D eigenvalue weighted by molar-refractivity contribution is 0.0241. The topological polar surface area (TPSA) is 48.9 Å². The number of rotatable bonds is 1. The molecule has 18 heavy (non-hydrogen) atoms. The maximum atomic E-state index is 5.32. The molecule has 2 aliphatic rings. The summed E-state index contributed by atoms with van der Waals surface area (Å²) in [6.45, 7) is 4.91. The molecule has 0 unspecified atom stereocenters. The van der Waals surface area contributed by atoms with Crippen LogP contribution in [0.3, 0.4) is 0 Å². The monoisotopic (exact) mass is 246 g/mol. The highest BCUT2D eigenvalue weighted by Gasteiger charge is 2.13. The average molecular weight is 246 g/mol. The Bertz CT molecular complexity index is 440. The average Bonchev–Trinajstić information content (AvgIpc) is 2.63. The van der Waals surface area contributed by atoms with Gasteiger partial charge in [-0.05, 0) is 11.1 Å². The van der Waals surface area contributed by atoms with E-state index in [0.29, 0.717) is 0 Å². The van der Waals surface area contributed by atoms with E-state index in [0.717, 1.165) is 45.4 Å². The van der Waals surface area contributed by atoms with Crippen LogP contribution in [0.1, 0.15) is 11.1 Å². The molecule has 2 aliphatic heterocycles. The fourth-order valence-corrected chi connectivity index (χ4v) is 2.18. The third-order valence-electron chi connectivity index (χ3n) is 3.25. The summed E-state index contributed by atoms with van der Waals surface area (Å²) in [5.74, 6) is 0.855. The van der Waals surface area contributed by atoms with Crippen molar-refractivity contribution in [3.63, 3.8) is 0 Å². The van der Waals surface area contributed by atoms with Gasteiger partial charge in [-0.3, -0.25) is 5.43 Å². The molecule has 0 amide bonds. The van der Waals surface area contributed by atoms with Gasteiger partial charge in [0.05, 0.1) is 19.8 Å². The van der Waals surface area contributed by atoms with E-state index in [1.807, 2.05) is 0 Å². The third kappa shape index (κ3) is 2.63. The van der Waals surface area contributed by atoms with Gasteiger partial charge in [-0.15, -0.1) is 0 Å². The minimum atomic E-state index is 0.732. The van der Waals surface area contributed by atoms with Gasteiger partial charge in [0.25, 0.3) is 0 Å². The number of hydrogen-bond donors (Lipinski definition) is 2. The summed E-state index contributed by atoms with van der Waals surface area (Å²) in [5, 5.41) is 5.49. The van der Waals surface area contributed by atoms with Gasteiger partial charge in [-0.2, -0.15) is 0 Å². The second-order valence-electron chi connectivity index (χ2n) is 4.50. The van der Waals surface area contributed by atoms with Gasteiger partial charge in [0.2, 0.25) is 5.96 Å². The van der Waals surface area contributed by atoms with E-state index in [4.69, 9.17) is 4.74 Å². The first-order valence-corrected chi connectivity index (χ1v) is 6.36. The lowest BCUT2D eigenvalue weighted by atomic mass is 10.1. The Morgan fingerprint density at radius 2 is 1.94 bits per heavy atom. The van der Waals surface area contributed by atoms with E-state index in [-0.39, 0.29) is 0 Å². The van der Waals surface area contributed by atoms with E-state index in [9.17, 15) is 0 Å². The minimum absolute atomic E-state index is 0.732. The van der Waals surface area contributed by atoms with Gasteiger partial charge in [-0.1, -0.05) is 24.3 Å². The molecule has 0 spiro atoms. The molecule has 1 aromatic rings. The van der Waals surface area contributed by atoms with E-state index >= 15 is 0 Å². The van der Waals surface area contributed by atoms with Gasteiger partial charge >= 0.3 is 0 Å². The van der Waals surface area contributed by atoms with Gasteiger partial charge in [0.15, 0.2) is 0 Å². The zero-order chi connectivity index (χ0) is 12.2. The molecule has 3 rings (SSSR count). The first-order chi connectivity index (χ1) is 8.92. The van der Waals surface area contributed by atoms with Crippen LogP contribution in [0, 0.1) is 0 Å². The second kappa shape index (κ2) is 5.37. The standard InChI is InChI=1S/C13H18N4O/c1-2-4-12-10-15-13(14-9-11(12)3-1)16-17-5-7-18-8-6-17/h1-4H,5-10H2,(H2,14,15,16). The molecule has 0 aliphatic carbocycles. The fraction of sp³-hybridized carbons (Fsp3) is 0.462. The van der Waals surface area contributed by atoms with Crippen LogP contribution in [0.5, 0.6) is 0 Å². The summed E-state index contributed by atoms with van der Waals surface area (Å²) in [5.41, 5.74) is 5.94. The predicted octanol–water partition coefficient (Wildman–Crippen LogP) is 0.483. The number of nitrogens with one attached hydrogen (secondary N) is 2. The molecule has 0 aromatic heterocycles. The van der Waals surface area contributed by atoms with Crippen molar-refractivity contribution in [3.8, 4) is 0 Å². The Balaban J connectivity index is 1.64. The van der Waals surface area contributed by atoms with Gasteiger partial charge in [0.1, 0.15) is 0 Å². The summed E-state index contributed by atoms with van der Waals surface area (Å²) in [4.78, 5) is 4.57. The Morgan fingerprint density at radius 1 is 1.17 bits per heavy atom. The number of benzene rings is 1. The van der Waals surface area contributed by atoms with Crippen molar-refractivity contribution in [2.24, 2.45) is 4.99 Å². The number of nitrogens with zero attached hydrogens (tertiary/aromatic N) is 2. The third-order valence-corrected chi connectivity index (χ3v) is 3.25. The number of hydrogen-bond acceptors (Lipinski definition) is 5. The fourth-order valence-electron chi connectivity index (χ4n) is 2.18. The summed E-state index contributed by atoms with van der Waals surface area (Å²) in [7, 11) is 0. The summed E-state index contributed by atoms with van der Waals surface area (Å²) < 4.78 is 5.32. The molecule has 0 saturated carbocycles. The largest absolute Gasteiger partial charge is 0.379 e. The van der Waals surface area contributed by atoms with E-state index < -0.39 is 0 Å². The number of fused-ring (bicyclic) bond motifs is 1. The SMILES string of the molecule is c1ccc2c(c1)CN=C(NN1CCOCC1)NC2. The predicted molar refractivity (Wildman–Crippen MR) is 69.9 cm³/mol. The highest BCUT2D eigenvalue weighted by Crippen LogP contribution is 2.12. The number of hydrazine groups is 1. The lowest BCUT2D eigenvalue weighted by Gasteiger charge is -2.28. The number of guanidine groups is 1. The van der Waals surface area contributed by atoms with Crippen molar-refractivity contribution in [2.45, 2.75) is 13.1 Å². The molecule has 0 radical (unpaired) electrons. The van der Waals surface area contributed by atoms with Crippen LogP contribution in [0.4, 0.5) is 0 Å². The normalized spacial score (nSPS) is 20.3. The molecular formula is C13H18N4O. The van der Waals surface area contributed by atoms with Gasteiger partial charge < -0.3 is 10.1 Å². The van der Waals surface area contributed by atoms with Gasteiger partial charge in [-0.25, -0.2) is 10.0 Å². The van der Waals surface area contributed by atoms with Crippen LogP contribution < -0.4 is 10.7 Å². The number of aliphatic imine (C=N–C) groups is 1.